The van der Waals surface area contributed by atoms with Gasteiger partial charge in [-0.05, 0) is 54.6 Å². The Morgan fingerprint density at radius 1 is 0.923 bits per heavy atom. The van der Waals surface area contributed by atoms with Crippen LogP contribution in [0.5, 0.6) is 11.5 Å². The number of anilines is 1. The van der Waals surface area contributed by atoms with Gasteiger partial charge in [0.2, 0.25) is 0 Å². The summed E-state index contributed by atoms with van der Waals surface area (Å²) in [4.78, 5) is 22.7. The van der Waals surface area contributed by atoms with Gasteiger partial charge in [-0.3, -0.25) is 14.9 Å². The number of ether oxygens (including phenoxy) is 1. The highest BCUT2D eigenvalue weighted by Gasteiger charge is 2.19. The first-order valence-electron chi connectivity index (χ1n) is 7.61. The fraction of sp³-hybridized carbons (Fsp3) is 0. The third-order valence-electron chi connectivity index (χ3n) is 3.51. The molecule has 0 aliphatic heterocycles. The molecule has 0 bridgehead atoms. The quantitative estimate of drug-likeness (QED) is 0.449. The fourth-order valence-corrected chi connectivity index (χ4v) is 2.53. The molecule has 0 saturated carbocycles. The molecule has 0 saturated heterocycles. The van der Waals surface area contributed by atoms with Crippen molar-refractivity contribution >= 4 is 33.2 Å². The highest BCUT2D eigenvalue weighted by Crippen LogP contribution is 2.25. The van der Waals surface area contributed by atoms with Gasteiger partial charge in [0.1, 0.15) is 17.1 Å². The van der Waals surface area contributed by atoms with Crippen LogP contribution in [0.3, 0.4) is 0 Å². The van der Waals surface area contributed by atoms with Crippen LogP contribution in [-0.2, 0) is 0 Å². The number of hydrogen-bond donors (Lipinski definition) is 1. The number of hydrogen-bond acceptors (Lipinski definition) is 4. The molecule has 6 nitrogen and oxygen atoms in total. The third kappa shape index (κ3) is 4.25. The number of halogens is 1. The lowest BCUT2D eigenvalue weighted by molar-refractivity contribution is -0.385. The van der Waals surface area contributed by atoms with E-state index in [9.17, 15) is 14.9 Å². The van der Waals surface area contributed by atoms with E-state index in [4.69, 9.17) is 4.74 Å². The minimum absolute atomic E-state index is 0.00712. The lowest BCUT2D eigenvalue weighted by Crippen LogP contribution is -2.13. The minimum atomic E-state index is -0.579. The van der Waals surface area contributed by atoms with Crippen molar-refractivity contribution in [3.05, 3.63) is 92.9 Å². The summed E-state index contributed by atoms with van der Waals surface area (Å²) in [5, 5.41) is 13.7. The first kappa shape index (κ1) is 17.6. The van der Waals surface area contributed by atoms with Crippen LogP contribution in [0.15, 0.2) is 77.3 Å². The molecule has 3 aromatic carbocycles. The van der Waals surface area contributed by atoms with E-state index in [-0.39, 0.29) is 11.3 Å². The molecule has 0 aliphatic carbocycles. The first-order valence-corrected chi connectivity index (χ1v) is 8.40. The number of carbonyl (C=O) groups excluding carboxylic acids is 1. The molecule has 0 unspecified atom stereocenters. The Bertz CT molecular complexity index is 941. The zero-order chi connectivity index (χ0) is 18.5. The van der Waals surface area contributed by atoms with Crippen molar-refractivity contribution in [2.45, 2.75) is 0 Å². The number of nitrogens with zero attached hydrogens (tertiary/aromatic N) is 1. The molecule has 1 N–H and O–H groups in total. The van der Waals surface area contributed by atoms with Crippen LogP contribution in [-0.4, -0.2) is 10.8 Å². The summed E-state index contributed by atoms with van der Waals surface area (Å²) in [6, 6.07) is 20.0. The number of nitro groups is 1. The molecule has 0 fully saturated rings. The Morgan fingerprint density at radius 3 is 2.12 bits per heavy atom. The van der Waals surface area contributed by atoms with Crippen LogP contribution in [0.25, 0.3) is 0 Å². The van der Waals surface area contributed by atoms with Crippen molar-refractivity contribution < 1.29 is 14.5 Å². The molecular formula is C19H13BrN2O4. The van der Waals surface area contributed by atoms with Crippen molar-refractivity contribution in [3.8, 4) is 11.5 Å². The molecule has 0 radical (unpaired) electrons. The van der Waals surface area contributed by atoms with Crippen LogP contribution < -0.4 is 10.1 Å². The molecule has 0 spiro atoms. The number of para-hydroxylation sites is 1. The summed E-state index contributed by atoms with van der Waals surface area (Å²) in [7, 11) is 0. The molecule has 1 amide bonds. The van der Waals surface area contributed by atoms with Gasteiger partial charge >= 0.3 is 0 Å². The third-order valence-corrected chi connectivity index (χ3v) is 4.04. The first-order chi connectivity index (χ1) is 12.5. The van der Waals surface area contributed by atoms with Crippen molar-refractivity contribution in [3.63, 3.8) is 0 Å². The molecule has 3 aromatic rings. The second-order valence-corrected chi connectivity index (χ2v) is 6.22. The Kier molecular flexibility index (Phi) is 5.28. The zero-order valence-electron chi connectivity index (χ0n) is 13.4. The maximum Gasteiger partial charge on any atom is 0.282 e. The largest absolute Gasteiger partial charge is 0.457 e. The van der Waals surface area contributed by atoms with Crippen molar-refractivity contribution in [1.29, 1.82) is 0 Å². The van der Waals surface area contributed by atoms with Crippen molar-refractivity contribution in [1.82, 2.24) is 0 Å². The van der Waals surface area contributed by atoms with Gasteiger partial charge in [-0.2, -0.15) is 0 Å². The van der Waals surface area contributed by atoms with Crippen LogP contribution in [0.2, 0.25) is 0 Å². The van der Waals surface area contributed by atoms with Gasteiger partial charge in [-0.15, -0.1) is 0 Å². The highest BCUT2D eigenvalue weighted by atomic mass is 79.9. The van der Waals surface area contributed by atoms with Gasteiger partial charge in [0.05, 0.1) is 4.92 Å². The van der Waals surface area contributed by atoms with E-state index < -0.39 is 10.8 Å². The lowest BCUT2D eigenvalue weighted by atomic mass is 10.1. The summed E-state index contributed by atoms with van der Waals surface area (Å²) >= 11 is 3.36. The van der Waals surface area contributed by atoms with E-state index in [1.165, 1.54) is 18.2 Å². The smallest absolute Gasteiger partial charge is 0.282 e. The fourth-order valence-electron chi connectivity index (χ4n) is 2.27. The molecule has 0 atom stereocenters. The van der Waals surface area contributed by atoms with E-state index in [2.05, 4.69) is 21.2 Å². The number of amides is 1. The summed E-state index contributed by atoms with van der Waals surface area (Å²) in [5.41, 5.74) is 0.282. The summed E-state index contributed by atoms with van der Waals surface area (Å²) in [6.07, 6.45) is 0. The molecule has 7 heteroatoms. The van der Waals surface area contributed by atoms with Crippen molar-refractivity contribution in [2.24, 2.45) is 0 Å². The molecule has 26 heavy (non-hydrogen) atoms. The van der Waals surface area contributed by atoms with Crippen LogP contribution in [0.1, 0.15) is 10.4 Å². The van der Waals surface area contributed by atoms with Crippen LogP contribution >= 0.6 is 15.9 Å². The van der Waals surface area contributed by atoms with Gasteiger partial charge in [-0.25, -0.2) is 0 Å². The van der Waals surface area contributed by atoms with E-state index in [0.29, 0.717) is 17.2 Å². The summed E-state index contributed by atoms with van der Waals surface area (Å²) < 4.78 is 6.66. The average Bonchev–Trinajstić information content (AvgIpc) is 2.65. The molecule has 0 aromatic heterocycles. The number of benzene rings is 3. The molecule has 0 heterocycles. The molecule has 3 rings (SSSR count). The second-order valence-electron chi connectivity index (χ2n) is 5.31. The molecule has 130 valence electrons. The molecule has 0 aliphatic rings. The summed E-state index contributed by atoms with van der Waals surface area (Å²) in [6.45, 7) is 0. The van der Waals surface area contributed by atoms with Gasteiger partial charge in [0.25, 0.3) is 11.6 Å². The van der Waals surface area contributed by atoms with Gasteiger partial charge in [0.15, 0.2) is 0 Å². The van der Waals surface area contributed by atoms with Gasteiger partial charge < -0.3 is 10.1 Å². The average molecular weight is 413 g/mol. The maximum atomic E-state index is 12.3. The normalized spacial score (nSPS) is 10.2. The second kappa shape index (κ2) is 7.79. The van der Waals surface area contributed by atoms with Crippen LogP contribution in [0, 0.1) is 10.1 Å². The topological polar surface area (TPSA) is 81.5 Å². The van der Waals surface area contributed by atoms with Gasteiger partial charge in [-0.1, -0.05) is 28.1 Å². The number of rotatable bonds is 5. The predicted octanol–water partition coefficient (Wildman–Crippen LogP) is 5.40. The monoisotopic (exact) mass is 412 g/mol. The Labute approximate surface area is 157 Å². The SMILES string of the molecule is O=C(Nc1ccc(Oc2ccc(Br)cc2)cc1)c1ccccc1[N+](=O)[O-]. The Balaban J connectivity index is 1.70. The minimum Gasteiger partial charge on any atom is -0.457 e. The van der Waals surface area contributed by atoms with E-state index in [1.807, 2.05) is 24.3 Å². The number of carbonyl (C=O) groups is 1. The highest BCUT2D eigenvalue weighted by molar-refractivity contribution is 9.10. The lowest BCUT2D eigenvalue weighted by Gasteiger charge is -2.08. The Hall–Kier alpha value is -3.19. The van der Waals surface area contributed by atoms with Crippen LogP contribution in [0.4, 0.5) is 11.4 Å². The zero-order valence-corrected chi connectivity index (χ0v) is 15.0. The Morgan fingerprint density at radius 2 is 1.50 bits per heavy atom. The standard InChI is InChI=1S/C19H13BrN2O4/c20-13-5-9-15(10-6-13)26-16-11-7-14(8-12-16)21-19(23)17-3-1-2-4-18(17)22(24)25/h1-12H,(H,21,23). The van der Waals surface area contributed by atoms with E-state index >= 15 is 0 Å². The predicted molar refractivity (Wildman–Crippen MR) is 102 cm³/mol. The maximum absolute atomic E-state index is 12.3. The van der Waals surface area contributed by atoms with Crippen molar-refractivity contribution in [2.75, 3.05) is 5.32 Å². The number of nitro benzene ring substituents is 1. The molecular weight excluding hydrogens is 400 g/mol. The van der Waals surface area contributed by atoms with E-state index in [1.54, 1.807) is 30.3 Å². The summed E-state index contributed by atoms with van der Waals surface area (Å²) in [5.74, 6) is 0.750. The van der Waals surface area contributed by atoms with Gasteiger partial charge in [0, 0.05) is 16.2 Å². The van der Waals surface area contributed by atoms with E-state index in [0.717, 1.165) is 4.47 Å². The number of nitrogens with one attached hydrogen (secondary N) is 1.